The molecule has 130 valence electrons. The van der Waals surface area contributed by atoms with Crippen LogP contribution < -0.4 is 0 Å². The molecule has 0 bridgehead atoms. The minimum absolute atomic E-state index is 0.00327. The van der Waals surface area contributed by atoms with Crippen molar-refractivity contribution in [2.45, 2.75) is 13.5 Å². The number of aromatic nitrogens is 1. The third kappa shape index (κ3) is 3.84. The Hall–Kier alpha value is -3.31. The molecule has 0 unspecified atom stereocenters. The maximum absolute atomic E-state index is 10.2. The lowest BCUT2D eigenvalue weighted by molar-refractivity contribution is 0.280. The molecule has 26 heavy (non-hydrogen) atoms. The van der Waals surface area contributed by atoms with Gasteiger partial charge in [0.15, 0.2) is 0 Å². The van der Waals surface area contributed by atoms with E-state index >= 15 is 0 Å². The topological polar surface area (TPSA) is 78.1 Å². The second-order valence-electron chi connectivity index (χ2n) is 5.71. The molecular weight excluding hydrogens is 326 g/mol. The summed E-state index contributed by atoms with van der Waals surface area (Å²) in [5.41, 5.74) is 3.98. The molecule has 0 saturated carbocycles. The van der Waals surface area contributed by atoms with Gasteiger partial charge in [-0.3, -0.25) is 4.98 Å². The normalized spacial score (nSPS) is 10.8. The van der Waals surface area contributed by atoms with Crippen molar-refractivity contribution in [3.63, 3.8) is 0 Å². The molecule has 0 radical (unpaired) electrons. The van der Waals surface area contributed by atoms with Crippen LogP contribution in [0, 0.1) is 6.92 Å². The highest BCUT2D eigenvalue weighted by Gasteiger charge is 2.10. The van der Waals surface area contributed by atoms with Gasteiger partial charge in [-0.1, -0.05) is 60.7 Å². The molecule has 0 amide bonds. The van der Waals surface area contributed by atoms with Crippen LogP contribution in [0.1, 0.15) is 27.9 Å². The first-order chi connectivity index (χ1) is 12.7. The van der Waals surface area contributed by atoms with E-state index in [9.17, 15) is 10.2 Å². The van der Waals surface area contributed by atoms with Gasteiger partial charge in [0.1, 0.15) is 11.5 Å². The van der Waals surface area contributed by atoms with Gasteiger partial charge >= 0.3 is 0 Å². The molecule has 0 aliphatic carbocycles. The van der Waals surface area contributed by atoms with Gasteiger partial charge in [-0.05, 0) is 6.92 Å². The van der Waals surface area contributed by atoms with Crippen LogP contribution in [0.4, 0.5) is 0 Å². The van der Waals surface area contributed by atoms with Gasteiger partial charge in [-0.25, -0.2) is 0 Å². The molecule has 0 fully saturated rings. The summed E-state index contributed by atoms with van der Waals surface area (Å²) >= 11 is 0. The third-order valence-corrected chi connectivity index (χ3v) is 3.97. The number of aliphatic hydroxyl groups excluding tert-OH is 1. The van der Waals surface area contributed by atoms with Crippen LogP contribution in [0.5, 0.6) is 5.75 Å². The Morgan fingerprint density at radius 1 is 1.00 bits per heavy atom. The Labute approximate surface area is 152 Å². The van der Waals surface area contributed by atoms with E-state index < -0.39 is 0 Å². The van der Waals surface area contributed by atoms with Crippen LogP contribution in [-0.2, 0) is 6.61 Å². The smallest absolute Gasteiger partial charge is 0.145 e. The van der Waals surface area contributed by atoms with Gasteiger partial charge < -0.3 is 10.2 Å². The Morgan fingerprint density at radius 2 is 1.58 bits per heavy atom. The average Bonchev–Trinajstić information content (AvgIpc) is 2.70. The highest BCUT2D eigenvalue weighted by molar-refractivity contribution is 6.13. The molecule has 0 aliphatic rings. The molecular formula is C21H19N3O2. The SMILES string of the molecule is Cc1ncc(CO)c(/C=N/N=C(c2ccccc2)c2ccccc2)c1O. The summed E-state index contributed by atoms with van der Waals surface area (Å²) in [6.07, 6.45) is 2.97. The molecule has 0 saturated heterocycles. The second-order valence-corrected chi connectivity index (χ2v) is 5.71. The van der Waals surface area contributed by atoms with Crippen molar-refractivity contribution < 1.29 is 10.2 Å². The van der Waals surface area contributed by atoms with Crippen molar-refractivity contribution in [3.05, 3.63) is 94.8 Å². The van der Waals surface area contributed by atoms with Crippen molar-refractivity contribution in [1.29, 1.82) is 0 Å². The lowest BCUT2D eigenvalue weighted by Gasteiger charge is -2.07. The number of aromatic hydroxyl groups is 1. The highest BCUT2D eigenvalue weighted by atomic mass is 16.3. The van der Waals surface area contributed by atoms with E-state index in [1.165, 1.54) is 12.4 Å². The maximum atomic E-state index is 10.2. The molecule has 0 spiro atoms. The van der Waals surface area contributed by atoms with Crippen LogP contribution in [0.25, 0.3) is 0 Å². The number of benzene rings is 2. The van der Waals surface area contributed by atoms with Crippen molar-refractivity contribution >= 4 is 11.9 Å². The van der Waals surface area contributed by atoms with Gasteiger partial charge in [0.2, 0.25) is 0 Å². The van der Waals surface area contributed by atoms with Crippen LogP contribution in [0.3, 0.4) is 0 Å². The Kier molecular flexibility index (Phi) is 5.51. The van der Waals surface area contributed by atoms with Crippen molar-refractivity contribution in [2.24, 2.45) is 10.2 Å². The molecule has 1 heterocycles. The molecule has 5 heteroatoms. The lowest BCUT2D eigenvalue weighted by atomic mass is 10.0. The van der Waals surface area contributed by atoms with Gasteiger partial charge in [-0.2, -0.15) is 5.10 Å². The summed E-state index contributed by atoms with van der Waals surface area (Å²) in [7, 11) is 0. The molecule has 3 aromatic rings. The molecule has 2 aromatic carbocycles. The minimum Gasteiger partial charge on any atom is -0.505 e. The maximum Gasteiger partial charge on any atom is 0.145 e. The van der Waals surface area contributed by atoms with Crippen molar-refractivity contribution in [3.8, 4) is 5.75 Å². The third-order valence-electron chi connectivity index (χ3n) is 3.97. The van der Waals surface area contributed by atoms with Crippen molar-refractivity contribution in [2.75, 3.05) is 0 Å². The van der Waals surface area contributed by atoms with Gasteiger partial charge in [-0.15, -0.1) is 5.10 Å². The first-order valence-corrected chi connectivity index (χ1v) is 8.21. The first-order valence-electron chi connectivity index (χ1n) is 8.21. The van der Waals surface area contributed by atoms with E-state index in [1.54, 1.807) is 6.92 Å². The van der Waals surface area contributed by atoms with Crippen LogP contribution in [0.15, 0.2) is 77.1 Å². The average molecular weight is 345 g/mol. The molecule has 1 aromatic heterocycles. The van der Waals surface area contributed by atoms with E-state index in [2.05, 4.69) is 15.2 Å². The van der Waals surface area contributed by atoms with Crippen LogP contribution in [0.2, 0.25) is 0 Å². The largest absolute Gasteiger partial charge is 0.505 e. The Morgan fingerprint density at radius 3 is 2.12 bits per heavy atom. The van der Waals surface area contributed by atoms with E-state index in [0.29, 0.717) is 16.8 Å². The predicted molar refractivity (Wildman–Crippen MR) is 103 cm³/mol. The fraction of sp³-hybridized carbons (Fsp3) is 0.0952. The molecule has 2 N–H and O–H groups in total. The summed E-state index contributed by atoms with van der Waals surface area (Å²) in [5, 5.41) is 28.2. The summed E-state index contributed by atoms with van der Waals surface area (Å²) in [5.74, 6) is -0.00327. The van der Waals surface area contributed by atoms with Gasteiger partial charge in [0, 0.05) is 28.5 Å². The number of rotatable bonds is 5. The number of pyridine rings is 1. The summed E-state index contributed by atoms with van der Waals surface area (Å²) in [4.78, 5) is 4.04. The van der Waals surface area contributed by atoms with Gasteiger partial charge in [0.25, 0.3) is 0 Å². The molecule has 3 rings (SSSR count). The number of aliphatic hydroxyl groups is 1. The Bertz CT molecular complexity index is 895. The Balaban J connectivity index is 2.03. The van der Waals surface area contributed by atoms with Crippen LogP contribution >= 0.6 is 0 Å². The summed E-state index contributed by atoms with van der Waals surface area (Å²) in [6.45, 7) is 1.45. The number of hydrogen-bond acceptors (Lipinski definition) is 5. The monoisotopic (exact) mass is 345 g/mol. The summed E-state index contributed by atoms with van der Waals surface area (Å²) < 4.78 is 0. The fourth-order valence-corrected chi connectivity index (χ4v) is 2.54. The number of aryl methyl sites for hydroxylation is 1. The van der Waals surface area contributed by atoms with E-state index in [-0.39, 0.29) is 12.4 Å². The van der Waals surface area contributed by atoms with E-state index in [4.69, 9.17) is 0 Å². The predicted octanol–water partition coefficient (Wildman–Crippen LogP) is 3.46. The molecule has 0 aliphatic heterocycles. The zero-order chi connectivity index (χ0) is 18.4. The first kappa shape index (κ1) is 17.5. The zero-order valence-corrected chi connectivity index (χ0v) is 14.4. The molecule has 5 nitrogen and oxygen atoms in total. The second kappa shape index (κ2) is 8.18. The zero-order valence-electron chi connectivity index (χ0n) is 14.4. The standard InChI is InChI=1S/C21H19N3O2/c1-15-21(26)19(18(14-25)12-22-15)13-23-24-20(16-8-4-2-5-9-16)17-10-6-3-7-11-17/h2-13,25-26H,14H2,1H3/b23-13+. The van der Waals surface area contributed by atoms with Crippen LogP contribution in [-0.4, -0.2) is 27.1 Å². The van der Waals surface area contributed by atoms with Crippen molar-refractivity contribution in [1.82, 2.24) is 4.98 Å². The number of nitrogens with zero attached hydrogens (tertiary/aromatic N) is 3. The quantitative estimate of drug-likeness (QED) is 0.549. The van der Waals surface area contributed by atoms with Gasteiger partial charge in [0.05, 0.1) is 18.5 Å². The van der Waals surface area contributed by atoms with E-state index in [1.807, 2.05) is 60.7 Å². The fourth-order valence-electron chi connectivity index (χ4n) is 2.54. The lowest BCUT2D eigenvalue weighted by Crippen LogP contribution is -2.03. The number of hydrogen-bond donors (Lipinski definition) is 2. The summed E-state index contributed by atoms with van der Waals surface area (Å²) in [6, 6.07) is 19.5. The highest BCUT2D eigenvalue weighted by Crippen LogP contribution is 2.22. The van der Waals surface area contributed by atoms with E-state index in [0.717, 1.165) is 16.8 Å². The minimum atomic E-state index is -0.240. The molecule has 0 atom stereocenters.